The molecule has 3 nitrogen and oxygen atoms in total. The molecule has 2 saturated carbocycles. The number of benzene rings is 1. The summed E-state index contributed by atoms with van der Waals surface area (Å²) >= 11 is 0. The first-order valence-corrected chi connectivity index (χ1v) is 15.6. The maximum atomic E-state index is 10.7. The Morgan fingerprint density at radius 1 is 1.16 bits per heavy atom. The van der Waals surface area contributed by atoms with Crippen LogP contribution >= 0.6 is 0 Å². The van der Waals surface area contributed by atoms with Gasteiger partial charge < -0.3 is 15.3 Å². The summed E-state index contributed by atoms with van der Waals surface area (Å²) in [6, 6.07) is 4.75. The maximum absolute atomic E-state index is 10.7. The van der Waals surface area contributed by atoms with Gasteiger partial charge in [0.25, 0.3) is 0 Å². The summed E-state index contributed by atoms with van der Waals surface area (Å²) < 4.78 is 6.76. The predicted octanol–water partition coefficient (Wildman–Crippen LogP) is 6.18. The van der Waals surface area contributed by atoms with Crippen LogP contribution in [0.2, 0.25) is 18.1 Å². The maximum Gasteiger partial charge on any atom is 0.250 e. The van der Waals surface area contributed by atoms with Crippen LogP contribution in [0.3, 0.4) is 0 Å². The summed E-state index contributed by atoms with van der Waals surface area (Å²) in [5, 5.41) is 10.9. The molecule has 0 heterocycles. The summed E-state index contributed by atoms with van der Waals surface area (Å²) in [7, 11) is -1.87. The highest BCUT2D eigenvalue weighted by Gasteiger charge is 2.54. The number of hydrogen-bond donors (Lipinski definition) is 2. The number of aryl methyl sites for hydroxylation is 2. The molecule has 0 radical (unpaired) electrons. The standard InChI is InChI=1S/C27H45NO2Si/c1-26(2,3)31(5,6)30-20-16-18(8-7-15-28)25-19(17-20)9-10-21-22(25)13-14-27(4)23(21)11-12-24(27)29/h16-17,21-24,29H,7-15,28H2,1-6H3. The lowest BCUT2D eigenvalue weighted by Crippen LogP contribution is -2.44. The fourth-order valence-electron chi connectivity index (χ4n) is 6.78. The van der Waals surface area contributed by atoms with E-state index >= 15 is 0 Å². The largest absolute Gasteiger partial charge is 0.543 e. The summed E-state index contributed by atoms with van der Waals surface area (Å²) in [4.78, 5) is 0. The van der Waals surface area contributed by atoms with E-state index in [1.807, 2.05) is 0 Å². The van der Waals surface area contributed by atoms with Crippen molar-refractivity contribution in [3.8, 4) is 5.75 Å². The Labute approximate surface area is 191 Å². The van der Waals surface area contributed by atoms with Gasteiger partial charge in [0.1, 0.15) is 5.75 Å². The Hall–Kier alpha value is -0.843. The molecule has 1 aromatic rings. The molecule has 2 fully saturated rings. The summed E-state index contributed by atoms with van der Waals surface area (Å²) in [6.45, 7) is 14.7. The van der Waals surface area contributed by atoms with Gasteiger partial charge in [-0.3, -0.25) is 0 Å². The van der Waals surface area contributed by atoms with Gasteiger partial charge >= 0.3 is 0 Å². The fraction of sp³-hybridized carbons (Fsp3) is 0.778. The van der Waals surface area contributed by atoms with Crippen molar-refractivity contribution in [3.63, 3.8) is 0 Å². The van der Waals surface area contributed by atoms with E-state index in [0.717, 1.165) is 50.3 Å². The highest BCUT2D eigenvalue weighted by atomic mass is 28.4. The van der Waals surface area contributed by atoms with Crippen molar-refractivity contribution in [1.82, 2.24) is 0 Å². The zero-order chi connectivity index (χ0) is 22.6. The highest BCUT2D eigenvalue weighted by molar-refractivity contribution is 6.74. The van der Waals surface area contributed by atoms with Gasteiger partial charge in [-0.2, -0.15) is 0 Å². The van der Waals surface area contributed by atoms with Crippen LogP contribution in [0.1, 0.15) is 88.8 Å². The van der Waals surface area contributed by atoms with Crippen molar-refractivity contribution >= 4 is 8.32 Å². The van der Waals surface area contributed by atoms with Gasteiger partial charge in [-0.25, -0.2) is 0 Å². The van der Waals surface area contributed by atoms with Crippen molar-refractivity contribution in [2.75, 3.05) is 6.54 Å². The van der Waals surface area contributed by atoms with E-state index in [1.54, 1.807) is 5.56 Å². The second-order valence-corrected chi connectivity index (χ2v) is 17.2. The van der Waals surface area contributed by atoms with Crippen LogP contribution in [-0.2, 0) is 12.8 Å². The zero-order valence-electron chi connectivity index (χ0n) is 20.8. The minimum atomic E-state index is -1.87. The molecule has 3 aliphatic carbocycles. The zero-order valence-corrected chi connectivity index (χ0v) is 21.8. The van der Waals surface area contributed by atoms with E-state index in [9.17, 15) is 5.11 Å². The van der Waals surface area contributed by atoms with E-state index in [0.29, 0.717) is 11.8 Å². The van der Waals surface area contributed by atoms with E-state index in [4.69, 9.17) is 10.2 Å². The second kappa shape index (κ2) is 8.18. The third-order valence-electron chi connectivity index (χ3n) is 9.66. The Balaban J connectivity index is 1.70. The average molecular weight is 444 g/mol. The van der Waals surface area contributed by atoms with Gasteiger partial charge in [-0.05, 0) is 128 Å². The number of hydrogen-bond acceptors (Lipinski definition) is 3. The molecule has 4 rings (SSSR count). The molecule has 0 saturated heterocycles. The van der Waals surface area contributed by atoms with Gasteiger partial charge in [0, 0.05) is 0 Å². The van der Waals surface area contributed by atoms with Crippen molar-refractivity contribution in [2.45, 2.75) is 109 Å². The van der Waals surface area contributed by atoms with E-state index < -0.39 is 8.32 Å². The Bertz CT molecular complexity index is 814. The summed E-state index contributed by atoms with van der Waals surface area (Å²) in [5.41, 5.74) is 10.7. The molecule has 174 valence electrons. The van der Waals surface area contributed by atoms with Crippen LogP contribution in [0, 0.1) is 17.3 Å². The number of aliphatic hydroxyl groups excluding tert-OH is 1. The third kappa shape index (κ3) is 4.02. The Morgan fingerprint density at radius 2 is 1.90 bits per heavy atom. The average Bonchev–Trinajstić information content (AvgIpc) is 2.99. The molecule has 31 heavy (non-hydrogen) atoms. The van der Waals surface area contributed by atoms with Crippen LogP contribution in [0.25, 0.3) is 0 Å². The van der Waals surface area contributed by atoms with Gasteiger partial charge in [0.15, 0.2) is 0 Å². The molecule has 4 heteroatoms. The van der Waals surface area contributed by atoms with Crippen LogP contribution in [-0.4, -0.2) is 26.1 Å². The molecule has 3 N–H and O–H groups in total. The lowest BCUT2D eigenvalue weighted by atomic mass is 9.55. The molecule has 5 atom stereocenters. The summed E-state index contributed by atoms with van der Waals surface area (Å²) in [5.74, 6) is 3.15. The minimum absolute atomic E-state index is 0.100. The lowest BCUT2D eigenvalue weighted by Gasteiger charge is -2.50. The molecule has 3 aliphatic rings. The smallest absolute Gasteiger partial charge is 0.250 e. The lowest BCUT2D eigenvalue weighted by molar-refractivity contribution is -0.0227. The SMILES string of the molecule is CC12CCC3c4c(CCCN)cc(O[Si](C)(C)C(C)(C)C)cc4CCC3C1CCC2O. The first kappa shape index (κ1) is 23.3. The number of fused-ring (bicyclic) bond motifs is 5. The first-order valence-electron chi connectivity index (χ1n) is 12.7. The number of aliphatic hydroxyl groups is 1. The number of rotatable bonds is 5. The van der Waals surface area contributed by atoms with Crippen LogP contribution < -0.4 is 10.2 Å². The topological polar surface area (TPSA) is 55.5 Å². The molecular weight excluding hydrogens is 398 g/mol. The van der Waals surface area contributed by atoms with Gasteiger partial charge in [-0.1, -0.05) is 27.7 Å². The van der Waals surface area contributed by atoms with E-state index in [-0.39, 0.29) is 16.6 Å². The minimum Gasteiger partial charge on any atom is -0.543 e. The van der Waals surface area contributed by atoms with Gasteiger partial charge in [0.2, 0.25) is 8.32 Å². The molecule has 0 aliphatic heterocycles. The highest BCUT2D eigenvalue weighted by Crippen LogP contribution is 2.61. The summed E-state index contributed by atoms with van der Waals surface area (Å²) in [6.07, 6.45) is 9.01. The molecular formula is C27H45NO2Si. The van der Waals surface area contributed by atoms with Crippen molar-refractivity contribution < 1.29 is 9.53 Å². The van der Waals surface area contributed by atoms with E-state index in [2.05, 4.69) is 52.9 Å². The first-order chi connectivity index (χ1) is 14.5. The fourth-order valence-corrected chi connectivity index (χ4v) is 7.79. The second-order valence-electron chi connectivity index (χ2n) is 12.5. The van der Waals surface area contributed by atoms with E-state index in [1.165, 1.54) is 30.4 Å². The monoisotopic (exact) mass is 443 g/mol. The molecule has 5 unspecified atom stereocenters. The number of nitrogens with two attached hydrogens (primary N) is 1. The van der Waals surface area contributed by atoms with Gasteiger partial charge in [0.05, 0.1) is 6.10 Å². The van der Waals surface area contributed by atoms with Crippen molar-refractivity contribution in [3.05, 3.63) is 28.8 Å². The Kier molecular flexibility index (Phi) is 6.15. The molecule has 0 aromatic heterocycles. The molecule has 0 spiro atoms. The normalized spacial score (nSPS) is 32.9. The van der Waals surface area contributed by atoms with Crippen molar-refractivity contribution in [2.24, 2.45) is 23.0 Å². The van der Waals surface area contributed by atoms with Crippen LogP contribution in [0.5, 0.6) is 5.75 Å². The van der Waals surface area contributed by atoms with Crippen molar-refractivity contribution in [1.29, 1.82) is 0 Å². The van der Waals surface area contributed by atoms with Crippen LogP contribution in [0.4, 0.5) is 0 Å². The molecule has 1 aromatic carbocycles. The predicted molar refractivity (Wildman–Crippen MR) is 132 cm³/mol. The molecule has 0 bridgehead atoms. The van der Waals surface area contributed by atoms with Crippen LogP contribution in [0.15, 0.2) is 12.1 Å². The van der Waals surface area contributed by atoms with Gasteiger partial charge in [-0.15, -0.1) is 0 Å². The molecule has 0 amide bonds. The Morgan fingerprint density at radius 3 is 2.58 bits per heavy atom. The third-order valence-corrected chi connectivity index (χ3v) is 14.0. The quantitative estimate of drug-likeness (QED) is 0.534.